The second-order valence-electron chi connectivity index (χ2n) is 8.34. The van der Waals surface area contributed by atoms with Gasteiger partial charge in [0.25, 0.3) is 5.91 Å². The zero-order valence-electron chi connectivity index (χ0n) is 18.8. The number of alkyl halides is 3. The van der Waals surface area contributed by atoms with Crippen LogP contribution in [0.15, 0.2) is 40.8 Å². The van der Waals surface area contributed by atoms with Crippen molar-refractivity contribution < 1.29 is 36.7 Å². The number of halogens is 4. The molecule has 0 bridgehead atoms. The number of nitrogens with one attached hydrogen (secondary N) is 2. The summed E-state index contributed by atoms with van der Waals surface area (Å²) in [5.74, 6) is -1.54. The Bertz CT molecular complexity index is 1390. The van der Waals surface area contributed by atoms with E-state index in [0.717, 1.165) is 12.1 Å². The number of rotatable bonds is 6. The topological polar surface area (TPSA) is 127 Å². The van der Waals surface area contributed by atoms with Crippen LogP contribution in [-0.2, 0) is 22.7 Å². The number of nitrogens with zero attached hydrogens (tertiary/aromatic N) is 3. The zero-order chi connectivity index (χ0) is 26.3. The van der Waals surface area contributed by atoms with Gasteiger partial charge in [0, 0.05) is 41.2 Å². The van der Waals surface area contributed by atoms with Crippen LogP contribution in [0.25, 0.3) is 11.5 Å². The second-order valence-corrected chi connectivity index (χ2v) is 8.75. The first kappa shape index (κ1) is 24.6. The number of hydrogen-bond acceptors (Lipinski definition) is 8. The third-order valence-corrected chi connectivity index (χ3v) is 6.20. The van der Waals surface area contributed by atoms with Crippen molar-refractivity contribution in [1.82, 2.24) is 20.4 Å². The fraction of sp³-hybridized carbons (Fsp3) is 0.261. The van der Waals surface area contributed by atoms with Crippen LogP contribution in [0, 0.1) is 0 Å². The van der Waals surface area contributed by atoms with Gasteiger partial charge >= 0.3 is 12.4 Å². The lowest BCUT2D eigenvalue weighted by molar-refractivity contribution is -0.274. The van der Waals surface area contributed by atoms with Crippen molar-refractivity contribution in [3.05, 3.63) is 58.1 Å². The number of ether oxygens (including phenoxy) is 1. The van der Waals surface area contributed by atoms with Gasteiger partial charge in [-0.1, -0.05) is 16.7 Å². The molecule has 192 valence electrons. The van der Waals surface area contributed by atoms with Gasteiger partial charge in [0.2, 0.25) is 17.7 Å². The van der Waals surface area contributed by atoms with E-state index in [9.17, 15) is 27.6 Å². The maximum atomic E-state index is 13.0. The third-order valence-electron chi connectivity index (χ3n) is 5.86. The van der Waals surface area contributed by atoms with Gasteiger partial charge in [-0.05, 0) is 48.4 Å². The van der Waals surface area contributed by atoms with Gasteiger partial charge in [0.15, 0.2) is 0 Å². The van der Waals surface area contributed by atoms with Crippen LogP contribution in [0.5, 0.6) is 5.75 Å². The van der Waals surface area contributed by atoms with Gasteiger partial charge < -0.3 is 19.4 Å². The van der Waals surface area contributed by atoms with Crippen molar-refractivity contribution >= 4 is 35.3 Å². The Morgan fingerprint density at radius 2 is 1.92 bits per heavy atom. The molecule has 0 saturated carbocycles. The van der Waals surface area contributed by atoms with E-state index in [-0.39, 0.29) is 55.4 Å². The second kappa shape index (κ2) is 9.39. The monoisotopic (exact) mass is 535 g/mol. The summed E-state index contributed by atoms with van der Waals surface area (Å²) in [6, 6.07) is 7.56. The smallest absolute Gasteiger partial charge is 0.406 e. The Morgan fingerprint density at radius 1 is 1.16 bits per heavy atom. The van der Waals surface area contributed by atoms with Gasteiger partial charge in [-0.25, -0.2) is 0 Å². The van der Waals surface area contributed by atoms with Crippen LogP contribution in [0.4, 0.5) is 19.2 Å². The lowest BCUT2D eigenvalue weighted by atomic mass is 10.0. The fourth-order valence-electron chi connectivity index (χ4n) is 4.16. The molecular formula is C23H17ClF3N5O5. The number of fused-ring (bicyclic) bond motifs is 1. The molecule has 1 saturated heterocycles. The van der Waals surface area contributed by atoms with E-state index in [0.29, 0.717) is 27.3 Å². The van der Waals surface area contributed by atoms with Crippen molar-refractivity contribution in [1.29, 1.82) is 0 Å². The number of hydrogen-bond donors (Lipinski definition) is 2. The first-order valence-electron chi connectivity index (χ1n) is 11.0. The van der Waals surface area contributed by atoms with Crippen molar-refractivity contribution in [3.63, 3.8) is 0 Å². The Hall–Kier alpha value is -4.13. The van der Waals surface area contributed by atoms with Gasteiger partial charge in [-0.15, -0.1) is 18.3 Å². The summed E-state index contributed by atoms with van der Waals surface area (Å²) in [5, 5.41) is 13.3. The fourth-order valence-corrected chi connectivity index (χ4v) is 4.46. The molecule has 2 aromatic carbocycles. The summed E-state index contributed by atoms with van der Waals surface area (Å²) in [5.41, 5.74) is 1.98. The molecular weight excluding hydrogens is 519 g/mol. The molecule has 1 aromatic heterocycles. The van der Waals surface area contributed by atoms with Crippen LogP contribution in [0.2, 0.25) is 5.02 Å². The predicted octanol–water partition coefficient (Wildman–Crippen LogP) is 3.66. The molecule has 2 N–H and O–H groups in total. The average molecular weight is 536 g/mol. The lowest BCUT2D eigenvalue weighted by Crippen LogP contribution is -2.52. The summed E-state index contributed by atoms with van der Waals surface area (Å²) >= 11 is 6.43. The highest BCUT2D eigenvalue weighted by Gasteiger charge is 2.40. The number of piperidine rings is 1. The molecule has 1 unspecified atom stereocenters. The van der Waals surface area contributed by atoms with E-state index >= 15 is 0 Å². The lowest BCUT2D eigenvalue weighted by Gasteiger charge is -2.29. The summed E-state index contributed by atoms with van der Waals surface area (Å²) in [6.45, 7) is 0.325. The maximum absolute atomic E-state index is 13.0. The van der Waals surface area contributed by atoms with Crippen LogP contribution in [-0.4, -0.2) is 45.2 Å². The van der Waals surface area contributed by atoms with E-state index < -0.39 is 18.3 Å². The van der Waals surface area contributed by atoms with Crippen LogP contribution >= 0.6 is 11.6 Å². The molecule has 2 aliphatic heterocycles. The molecule has 2 aliphatic rings. The number of anilines is 1. The van der Waals surface area contributed by atoms with Crippen LogP contribution < -0.4 is 15.4 Å². The van der Waals surface area contributed by atoms with E-state index in [2.05, 4.69) is 25.6 Å². The first-order chi connectivity index (χ1) is 17.6. The standard InChI is InChI=1S/C23H17ClF3N5O5/c24-16-8-11(7-14-15(16)10-32(21(14)35)17-5-6-18(33)29-19(17)34)9-28-22-31-30-20(36-22)12-1-3-13(4-2-12)37-23(25,26)27/h1-4,7-8,17H,5-6,9-10H2,(H,28,31)(H,29,33,34). The molecule has 10 nitrogen and oxygen atoms in total. The van der Waals surface area contributed by atoms with Crippen LogP contribution in [0.3, 0.4) is 0 Å². The Labute approximate surface area is 211 Å². The Balaban J connectivity index is 1.25. The SMILES string of the molecule is O=C1CCC(N2Cc3c(Cl)cc(CNc4nnc(-c5ccc(OC(F)(F)F)cc5)o4)cc3C2=O)C(=O)N1. The molecule has 3 amide bonds. The van der Waals surface area contributed by atoms with Gasteiger partial charge in [0.05, 0.1) is 0 Å². The molecule has 5 rings (SSSR count). The van der Waals surface area contributed by atoms with Crippen molar-refractivity contribution in [2.75, 3.05) is 5.32 Å². The van der Waals surface area contributed by atoms with Crippen LogP contribution in [0.1, 0.15) is 34.3 Å². The molecule has 0 spiro atoms. The quantitative estimate of drug-likeness (QED) is 0.458. The molecule has 0 radical (unpaired) electrons. The number of carbonyl (C=O) groups excluding carboxylic acids is 3. The molecule has 3 aromatic rings. The largest absolute Gasteiger partial charge is 0.573 e. The highest BCUT2D eigenvalue weighted by atomic mass is 35.5. The number of amides is 3. The minimum Gasteiger partial charge on any atom is -0.406 e. The summed E-state index contributed by atoms with van der Waals surface area (Å²) in [4.78, 5) is 38.1. The van der Waals surface area contributed by atoms with Crippen molar-refractivity contribution in [2.45, 2.75) is 38.3 Å². The van der Waals surface area contributed by atoms with E-state index in [1.165, 1.54) is 17.0 Å². The molecule has 14 heteroatoms. The van der Waals surface area contributed by atoms with E-state index in [1.807, 2.05) is 0 Å². The van der Waals surface area contributed by atoms with Crippen molar-refractivity contribution in [2.24, 2.45) is 0 Å². The number of carbonyl (C=O) groups is 3. The van der Waals surface area contributed by atoms with E-state index in [1.54, 1.807) is 12.1 Å². The Morgan fingerprint density at radius 3 is 2.62 bits per heavy atom. The first-order valence-corrected chi connectivity index (χ1v) is 11.3. The minimum absolute atomic E-state index is 0.0405. The zero-order valence-corrected chi connectivity index (χ0v) is 19.5. The molecule has 3 heterocycles. The highest BCUT2D eigenvalue weighted by molar-refractivity contribution is 6.32. The number of aromatic nitrogens is 2. The summed E-state index contributed by atoms with van der Waals surface area (Å²) in [6.07, 6.45) is -4.40. The van der Waals surface area contributed by atoms with Crippen molar-refractivity contribution in [3.8, 4) is 17.2 Å². The summed E-state index contributed by atoms with van der Waals surface area (Å²) in [7, 11) is 0. The normalized spacial score (nSPS) is 17.6. The van der Waals surface area contributed by atoms with Gasteiger partial charge in [-0.2, -0.15) is 0 Å². The molecule has 0 aliphatic carbocycles. The molecule has 1 fully saturated rings. The minimum atomic E-state index is -4.79. The molecule has 37 heavy (non-hydrogen) atoms. The average Bonchev–Trinajstić information content (AvgIpc) is 3.43. The number of benzene rings is 2. The van der Waals surface area contributed by atoms with Gasteiger partial charge in [0.1, 0.15) is 11.8 Å². The molecule has 1 atom stereocenters. The highest BCUT2D eigenvalue weighted by Crippen LogP contribution is 2.34. The van der Waals surface area contributed by atoms with E-state index in [4.69, 9.17) is 16.0 Å². The maximum Gasteiger partial charge on any atom is 0.573 e. The van der Waals surface area contributed by atoms with Gasteiger partial charge in [-0.3, -0.25) is 19.7 Å². The number of imide groups is 1. The third kappa shape index (κ3) is 5.21. The predicted molar refractivity (Wildman–Crippen MR) is 121 cm³/mol. The Kier molecular flexibility index (Phi) is 6.23. The summed E-state index contributed by atoms with van der Waals surface area (Å²) < 4.78 is 46.3.